The van der Waals surface area contributed by atoms with E-state index >= 15 is 0 Å². The molecule has 0 aromatic heterocycles. The average Bonchev–Trinajstić information content (AvgIpc) is 3.06. The molecular weight excluding hydrogens is 525 g/mol. The Labute approximate surface area is 175 Å². The van der Waals surface area contributed by atoms with E-state index in [4.69, 9.17) is 0 Å². The van der Waals surface area contributed by atoms with Crippen molar-refractivity contribution in [2.75, 3.05) is 4.90 Å². The zero-order chi connectivity index (χ0) is 19.4. The Bertz CT molecular complexity index is 691. The predicted octanol–water partition coefficient (Wildman–Crippen LogP) is 6.81. The van der Waals surface area contributed by atoms with Crippen molar-refractivity contribution < 1.29 is 20.0 Å². The summed E-state index contributed by atoms with van der Waals surface area (Å²) in [6.45, 7) is 15.9. The first-order valence-corrected chi connectivity index (χ1v) is 11.9. The van der Waals surface area contributed by atoms with Crippen molar-refractivity contribution in [3.63, 3.8) is 0 Å². The molecule has 0 unspecified atom stereocenters. The molecule has 146 valence electrons. The van der Waals surface area contributed by atoms with Crippen LogP contribution in [0.5, 0.6) is 0 Å². The molecule has 0 atom stereocenters. The van der Waals surface area contributed by atoms with Gasteiger partial charge < -0.3 is 9.80 Å². The van der Waals surface area contributed by atoms with Gasteiger partial charge in [-0.2, -0.15) is 0 Å². The summed E-state index contributed by atoms with van der Waals surface area (Å²) in [7, 11) is 4.58. The number of para-hydroxylation sites is 1. The van der Waals surface area contributed by atoms with Crippen LogP contribution >= 0.6 is 9.19 Å². The molecule has 0 radical (unpaired) electrons. The maximum atomic E-state index is 4.58. The SMILES string of the molecule is CC(C)C1=CC=CC2=CN(c3c(C(C)C)cccc3C(C)C)[CH-]N21.[Cl][Au]. The first-order valence-electron chi connectivity index (χ1n) is 9.17. The molecule has 1 aromatic carbocycles. The van der Waals surface area contributed by atoms with Crippen LogP contribution in [-0.2, 0) is 20.0 Å². The van der Waals surface area contributed by atoms with Gasteiger partial charge in [-0.05, 0) is 52.9 Å². The fraction of sp³-hybridized carbons (Fsp3) is 0.409. The van der Waals surface area contributed by atoms with Crippen molar-refractivity contribution in [2.24, 2.45) is 5.92 Å². The van der Waals surface area contributed by atoms with Crippen LogP contribution in [0.15, 0.2) is 54.0 Å². The van der Waals surface area contributed by atoms with Crippen LogP contribution < -0.4 is 4.90 Å². The van der Waals surface area contributed by atoms with Crippen LogP contribution in [0.25, 0.3) is 0 Å². The van der Waals surface area contributed by atoms with E-state index in [1.807, 2.05) is 0 Å². The summed E-state index contributed by atoms with van der Waals surface area (Å²) in [4.78, 5) is 4.65. The predicted molar refractivity (Wildman–Crippen MR) is 109 cm³/mol. The Morgan fingerprint density at radius 1 is 0.923 bits per heavy atom. The van der Waals surface area contributed by atoms with Gasteiger partial charge in [0.2, 0.25) is 0 Å². The number of halogens is 1. The number of rotatable bonds is 4. The molecule has 0 saturated carbocycles. The Morgan fingerprint density at radius 3 is 2.00 bits per heavy atom. The number of fused-ring (bicyclic) bond motifs is 1. The van der Waals surface area contributed by atoms with Gasteiger partial charge in [-0.15, -0.1) is 6.67 Å². The van der Waals surface area contributed by atoms with Crippen molar-refractivity contribution in [2.45, 2.75) is 53.4 Å². The molecular formula is C22H29AuClN2-. The maximum absolute atomic E-state index is 4.58. The number of nitrogens with zero attached hydrogens (tertiary/aromatic N) is 2. The number of allylic oxidation sites excluding steroid dienone is 4. The van der Waals surface area contributed by atoms with E-state index < -0.39 is 0 Å². The van der Waals surface area contributed by atoms with Gasteiger partial charge in [0.15, 0.2) is 0 Å². The van der Waals surface area contributed by atoms with Crippen molar-refractivity contribution >= 4 is 14.9 Å². The minimum absolute atomic E-state index is 0.499. The van der Waals surface area contributed by atoms with Gasteiger partial charge in [-0.3, -0.25) is 0 Å². The third kappa shape index (κ3) is 4.31. The number of benzene rings is 1. The van der Waals surface area contributed by atoms with E-state index in [-0.39, 0.29) is 0 Å². The number of hydrogen-bond donors (Lipinski definition) is 0. The molecule has 0 fully saturated rings. The van der Waals surface area contributed by atoms with Crippen molar-refractivity contribution in [3.8, 4) is 0 Å². The minimum atomic E-state index is 0.499. The first kappa shape index (κ1) is 21.4. The van der Waals surface area contributed by atoms with Gasteiger partial charge in [0.25, 0.3) is 0 Å². The first-order chi connectivity index (χ1) is 12.4. The molecule has 2 aliphatic heterocycles. The van der Waals surface area contributed by atoms with Crippen molar-refractivity contribution in [3.05, 3.63) is 71.8 Å². The summed E-state index contributed by atoms with van der Waals surface area (Å²) in [6, 6.07) is 6.74. The van der Waals surface area contributed by atoms with Gasteiger partial charge in [-0.1, -0.05) is 65.8 Å². The molecule has 0 spiro atoms. The Kier molecular flexibility index (Phi) is 7.66. The second kappa shape index (κ2) is 9.32. The molecule has 4 heteroatoms. The topological polar surface area (TPSA) is 6.48 Å². The zero-order valence-electron chi connectivity index (χ0n) is 16.4. The number of hydrogen-bond acceptors (Lipinski definition) is 2. The molecule has 0 aliphatic carbocycles. The van der Waals surface area contributed by atoms with Gasteiger partial charge in [0, 0.05) is 11.4 Å². The monoisotopic (exact) mass is 553 g/mol. The van der Waals surface area contributed by atoms with Crippen LogP contribution in [0, 0.1) is 12.6 Å². The molecule has 3 rings (SSSR count). The second-order valence-corrected chi connectivity index (χ2v) is 7.65. The molecule has 0 N–H and O–H groups in total. The fourth-order valence-electron chi connectivity index (χ4n) is 3.50. The Hall–Kier alpha value is -0.930. The molecule has 0 bridgehead atoms. The molecule has 26 heavy (non-hydrogen) atoms. The van der Waals surface area contributed by atoms with Crippen LogP contribution in [0.3, 0.4) is 0 Å². The molecule has 0 amide bonds. The van der Waals surface area contributed by atoms with E-state index in [9.17, 15) is 0 Å². The zero-order valence-corrected chi connectivity index (χ0v) is 19.3. The second-order valence-electron chi connectivity index (χ2n) is 7.65. The summed E-state index contributed by atoms with van der Waals surface area (Å²) in [6.07, 6.45) is 8.83. The summed E-state index contributed by atoms with van der Waals surface area (Å²) in [5.41, 5.74) is 6.76. The van der Waals surface area contributed by atoms with E-state index in [0.717, 1.165) is 0 Å². The third-order valence-electron chi connectivity index (χ3n) is 4.79. The molecule has 2 heterocycles. The quantitative estimate of drug-likeness (QED) is 0.298. The van der Waals surface area contributed by atoms with Gasteiger partial charge in [0.1, 0.15) is 0 Å². The van der Waals surface area contributed by atoms with Crippen LogP contribution in [-0.4, -0.2) is 4.90 Å². The van der Waals surface area contributed by atoms with Crippen molar-refractivity contribution in [1.82, 2.24) is 4.90 Å². The third-order valence-corrected chi connectivity index (χ3v) is 4.79. The Balaban J connectivity index is 0.00000117. The standard InChI is InChI=1S/C22H29N2.Au.ClH/c1-15(2)19-10-8-11-20(16(3)4)22(19)23-13-18-9-7-12-21(17(5)6)24(18)14-23;;/h7-17H,1-6H3;;1H/q-1;+1;/p-1. The van der Waals surface area contributed by atoms with E-state index in [2.05, 4.69) is 110 Å². The van der Waals surface area contributed by atoms with Crippen molar-refractivity contribution in [1.29, 1.82) is 0 Å². The summed E-state index contributed by atoms with van der Waals surface area (Å²) in [5.74, 6) is 1.50. The van der Waals surface area contributed by atoms with Gasteiger partial charge >= 0.3 is 29.2 Å². The normalized spacial score (nSPS) is 16.0. The number of anilines is 1. The average molecular weight is 554 g/mol. The van der Waals surface area contributed by atoms with Crippen LogP contribution in [0.2, 0.25) is 0 Å². The molecule has 1 aromatic rings. The van der Waals surface area contributed by atoms with Crippen LogP contribution in [0.1, 0.15) is 64.5 Å². The fourth-order valence-corrected chi connectivity index (χ4v) is 3.50. The summed E-state index contributed by atoms with van der Waals surface area (Å²) < 4.78 is 0. The van der Waals surface area contributed by atoms with E-state index in [0.29, 0.717) is 17.8 Å². The van der Waals surface area contributed by atoms with Crippen LogP contribution in [0.4, 0.5) is 5.69 Å². The Morgan fingerprint density at radius 2 is 1.50 bits per heavy atom. The summed E-state index contributed by atoms with van der Waals surface area (Å²) >= 11 is 1.75. The molecule has 2 nitrogen and oxygen atoms in total. The van der Waals surface area contributed by atoms with Gasteiger partial charge in [-0.25, -0.2) is 0 Å². The van der Waals surface area contributed by atoms with Gasteiger partial charge in [0.05, 0.1) is 0 Å². The molecule has 2 aliphatic rings. The summed E-state index contributed by atoms with van der Waals surface area (Å²) in [5, 5.41) is 0. The van der Waals surface area contributed by atoms with E-state index in [1.54, 1.807) is 20.0 Å². The molecule has 0 saturated heterocycles. The van der Waals surface area contributed by atoms with E-state index in [1.165, 1.54) is 28.2 Å².